The van der Waals surface area contributed by atoms with Gasteiger partial charge >= 0.3 is 0 Å². The molecular formula is C15H28N2O3. The number of carbonyl (C=O) groups excluding carboxylic acids is 1. The number of aliphatic hydroxyl groups is 2. The number of rotatable bonds is 3. The number of aliphatic hydroxyl groups excluding tert-OH is 1. The lowest BCUT2D eigenvalue weighted by atomic mass is 9.84. The second-order valence-corrected chi connectivity index (χ2v) is 6.53. The third-order valence-corrected chi connectivity index (χ3v) is 4.69. The number of hydrogen-bond donors (Lipinski definition) is 2. The first kappa shape index (κ1) is 15.7. The summed E-state index contributed by atoms with van der Waals surface area (Å²) in [5, 5.41) is 20.1. The third-order valence-electron chi connectivity index (χ3n) is 4.69. The molecule has 1 saturated heterocycles. The molecule has 1 unspecified atom stereocenters. The van der Waals surface area contributed by atoms with Crippen molar-refractivity contribution in [3.63, 3.8) is 0 Å². The molecule has 0 aromatic rings. The van der Waals surface area contributed by atoms with Gasteiger partial charge in [0.05, 0.1) is 5.60 Å². The number of carbonyl (C=O) groups is 1. The third kappa shape index (κ3) is 4.17. The van der Waals surface area contributed by atoms with Crippen LogP contribution in [0.15, 0.2) is 0 Å². The predicted molar refractivity (Wildman–Crippen MR) is 77.3 cm³/mol. The van der Waals surface area contributed by atoms with Crippen molar-refractivity contribution >= 4 is 5.91 Å². The van der Waals surface area contributed by atoms with Gasteiger partial charge in [0.25, 0.3) is 0 Å². The van der Waals surface area contributed by atoms with Crippen molar-refractivity contribution in [2.75, 3.05) is 39.3 Å². The summed E-state index contributed by atoms with van der Waals surface area (Å²) in [4.78, 5) is 15.6. The monoisotopic (exact) mass is 284 g/mol. The molecule has 2 rings (SSSR count). The van der Waals surface area contributed by atoms with Gasteiger partial charge in [-0.05, 0) is 12.8 Å². The van der Waals surface area contributed by atoms with Gasteiger partial charge in [-0.3, -0.25) is 9.69 Å². The predicted octanol–water partition coefficient (Wildman–Crippen LogP) is 0.454. The summed E-state index contributed by atoms with van der Waals surface area (Å²) < 4.78 is 0. The highest BCUT2D eigenvalue weighted by Crippen LogP contribution is 2.29. The molecule has 2 fully saturated rings. The van der Waals surface area contributed by atoms with E-state index in [-0.39, 0.29) is 18.4 Å². The molecule has 0 radical (unpaired) electrons. The average Bonchev–Trinajstić information content (AvgIpc) is 2.61. The Morgan fingerprint density at radius 2 is 1.90 bits per heavy atom. The smallest absolute Gasteiger partial charge is 0.219 e. The van der Waals surface area contributed by atoms with Gasteiger partial charge < -0.3 is 15.1 Å². The van der Waals surface area contributed by atoms with E-state index in [4.69, 9.17) is 0 Å². The second kappa shape index (κ2) is 6.87. The van der Waals surface area contributed by atoms with Gasteiger partial charge in [-0.1, -0.05) is 19.3 Å². The first-order chi connectivity index (χ1) is 9.52. The Labute approximate surface area is 121 Å². The topological polar surface area (TPSA) is 64.0 Å². The Hall–Kier alpha value is -0.650. The SMILES string of the molecule is CC(=O)N1CCN(CC2(O)CCCCC2)CC(CO)C1. The largest absolute Gasteiger partial charge is 0.396 e. The van der Waals surface area contributed by atoms with E-state index < -0.39 is 5.60 Å². The Balaban J connectivity index is 1.95. The Morgan fingerprint density at radius 3 is 2.50 bits per heavy atom. The van der Waals surface area contributed by atoms with Crippen LogP contribution in [0.1, 0.15) is 39.0 Å². The number of hydrogen-bond acceptors (Lipinski definition) is 4. The van der Waals surface area contributed by atoms with Gasteiger partial charge in [0, 0.05) is 52.2 Å². The van der Waals surface area contributed by atoms with Gasteiger partial charge in [0.2, 0.25) is 5.91 Å². The fraction of sp³-hybridized carbons (Fsp3) is 0.933. The molecule has 1 atom stereocenters. The minimum Gasteiger partial charge on any atom is -0.396 e. The maximum atomic E-state index is 11.5. The van der Waals surface area contributed by atoms with E-state index in [0.717, 1.165) is 38.8 Å². The van der Waals surface area contributed by atoms with E-state index in [2.05, 4.69) is 4.90 Å². The Kier molecular flexibility index (Phi) is 5.41. The normalized spacial score (nSPS) is 28.1. The summed E-state index contributed by atoms with van der Waals surface area (Å²) >= 11 is 0. The summed E-state index contributed by atoms with van der Waals surface area (Å²) in [6, 6.07) is 0. The van der Waals surface area contributed by atoms with E-state index >= 15 is 0 Å². The number of amides is 1. The molecule has 5 heteroatoms. The lowest BCUT2D eigenvalue weighted by molar-refractivity contribution is -0.129. The first-order valence-electron chi connectivity index (χ1n) is 7.83. The summed E-state index contributed by atoms with van der Waals surface area (Å²) in [6.07, 6.45) is 5.19. The molecule has 0 bridgehead atoms. The van der Waals surface area contributed by atoms with Gasteiger partial charge in [0.1, 0.15) is 0 Å². The molecule has 1 amide bonds. The van der Waals surface area contributed by atoms with Crippen molar-refractivity contribution < 1.29 is 15.0 Å². The van der Waals surface area contributed by atoms with Crippen LogP contribution in [0.25, 0.3) is 0 Å². The van der Waals surface area contributed by atoms with Crippen molar-refractivity contribution in [1.29, 1.82) is 0 Å². The molecule has 0 aromatic carbocycles. The molecule has 0 aromatic heterocycles. The van der Waals surface area contributed by atoms with Crippen molar-refractivity contribution in [1.82, 2.24) is 9.80 Å². The van der Waals surface area contributed by atoms with Crippen LogP contribution in [0, 0.1) is 5.92 Å². The van der Waals surface area contributed by atoms with Crippen LogP contribution in [-0.4, -0.2) is 70.9 Å². The molecule has 0 spiro atoms. The van der Waals surface area contributed by atoms with Crippen molar-refractivity contribution in [2.45, 2.75) is 44.6 Å². The lowest BCUT2D eigenvalue weighted by Gasteiger charge is -2.37. The zero-order valence-corrected chi connectivity index (χ0v) is 12.6. The summed E-state index contributed by atoms with van der Waals surface area (Å²) in [5.41, 5.74) is -0.566. The van der Waals surface area contributed by atoms with E-state index in [1.54, 1.807) is 6.92 Å². The highest BCUT2D eigenvalue weighted by molar-refractivity contribution is 5.73. The molecule has 1 aliphatic carbocycles. The van der Waals surface area contributed by atoms with Crippen LogP contribution < -0.4 is 0 Å². The zero-order chi connectivity index (χ0) is 14.6. The van der Waals surface area contributed by atoms with Crippen LogP contribution >= 0.6 is 0 Å². The Morgan fingerprint density at radius 1 is 1.20 bits per heavy atom. The highest BCUT2D eigenvalue weighted by Gasteiger charge is 2.33. The standard InChI is InChI=1S/C15H28N2O3/c1-13(19)17-8-7-16(9-14(10-17)11-18)12-15(20)5-3-2-4-6-15/h14,18,20H,2-12H2,1H3. The summed E-state index contributed by atoms with van der Waals surface area (Å²) in [7, 11) is 0. The molecule has 1 saturated carbocycles. The van der Waals surface area contributed by atoms with Crippen molar-refractivity contribution in [3.8, 4) is 0 Å². The van der Waals surface area contributed by atoms with Crippen LogP contribution in [-0.2, 0) is 4.79 Å². The fourth-order valence-electron chi connectivity index (χ4n) is 3.51. The van der Waals surface area contributed by atoms with Gasteiger partial charge in [-0.2, -0.15) is 0 Å². The van der Waals surface area contributed by atoms with Crippen molar-refractivity contribution in [2.24, 2.45) is 5.92 Å². The fourth-order valence-corrected chi connectivity index (χ4v) is 3.51. The van der Waals surface area contributed by atoms with Gasteiger partial charge in [0.15, 0.2) is 0 Å². The second-order valence-electron chi connectivity index (χ2n) is 6.53. The average molecular weight is 284 g/mol. The molecule has 2 N–H and O–H groups in total. The zero-order valence-electron chi connectivity index (χ0n) is 12.6. The van der Waals surface area contributed by atoms with Crippen LogP contribution in [0.2, 0.25) is 0 Å². The van der Waals surface area contributed by atoms with Gasteiger partial charge in [-0.15, -0.1) is 0 Å². The molecular weight excluding hydrogens is 256 g/mol. The van der Waals surface area contributed by atoms with E-state index in [9.17, 15) is 15.0 Å². The van der Waals surface area contributed by atoms with E-state index in [1.807, 2.05) is 4.90 Å². The molecule has 5 nitrogen and oxygen atoms in total. The summed E-state index contributed by atoms with van der Waals surface area (Å²) in [5.74, 6) is 0.162. The molecule has 20 heavy (non-hydrogen) atoms. The molecule has 1 heterocycles. The first-order valence-corrected chi connectivity index (χ1v) is 7.83. The van der Waals surface area contributed by atoms with Crippen LogP contribution in [0.5, 0.6) is 0 Å². The quantitative estimate of drug-likeness (QED) is 0.790. The Bertz CT molecular complexity index is 329. The maximum absolute atomic E-state index is 11.5. The van der Waals surface area contributed by atoms with Crippen molar-refractivity contribution in [3.05, 3.63) is 0 Å². The minimum atomic E-state index is -0.566. The summed E-state index contributed by atoms with van der Waals surface area (Å²) in [6.45, 7) is 5.23. The molecule has 1 aliphatic heterocycles. The van der Waals surface area contributed by atoms with E-state index in [1.165, 1.54) is 6.42 Å². The van der Waals surface area contributed by atoms with Gasteiger partial charge in [-0.25, -0.2) is 0 Å². The number of β-amino-alcohol motifs (C(OH)–C–C–N with tert-alkyl or cyclic N) is 1. The maximum Gasteiger partial charge on any atom is 0.219 e. The molecule has 116 valence electrons. The van der Waals surface area contributed by atoms with E-state index in [0.29, 0.717) is 19.6 Å². The number of nitrogens with zero attached hydrogens (tertiary/aromatic N) is 2. The van der Waals surface area contributed by atoms with Crippen LogP contribution in [0.3, 0.4) is 0 Å². The molecule has 2 aliphatic rings. The minimum absolute atomic E-state index is 0.0710. The lowest BCUT2D eigenvalue weighted by Crippen LogP contribution is -2.46. The highest BCUT2D eigenvalue weighted by atomic mass is 16.3. The van der Waals surface area contributed by atoms with Crippen LogP contribution in [0.4, 0.5) is 0 Å².